The first-order chi connectivity index (χ1) is 8.70. The Balaban J connectivity index is 2.60. The quantitative estimate of drug-likeness (QED) is 0.501. The largest absolute Gasteiger partial charge is 0.462 e. The van der Waals surface area contributed by atoms with Gasteiger partial charge in [0, 0.05) is 17.5 Å². The van der Waals surface area contributed by atoms with E-state index in [2.05, 4.69) is 0 Å². The normalized spacial score (nSPS) is 11.3. The summed E-state index contributed by atoms with van der Waals surface area (Å²) in [7, 11) is -3.08. The summed E-state index contributed by atoms with van der Waals surface area (Å²) in [5, 5.41) is 0. The average molecular weight is 289 g/mol. The number of carbonyl (C=O) groups is 1. The van der Waals surface area contributed by atoms with Crippen LogP contribution in [0, 0.1) is 12.7 Å². The molecule has 2 N–H and O–H groups in total. The number of carbonyl (C=O) groups excluding carboxylic acids is 1. The minimum Gasteiger partial charge on any atom is -0.462 e. The number of nitrogens with two attached hydrogens (primary N) is 1. The van der Waals surface area contributed by atoms with Gasteiger partial charge >= 0.3 is 5.97 Å². The monoisotopic (exact) mass is 289 g/mol. The van der Waals surface area contributed by atoms with E-state index in [-0.39, 0.29) is 35.6 Å². The summed E-state index contributed by atoms with van der Waals surface area (Å²) in [6.45, 7) is 1.47. The summed E-state index contributed by atoms with van der Waals surface area (Å²) in [6, 6.07) is 2.38. The highest BCUT2D eigenvalue weighted by molar-refractivity contribution is 7.90. The molecular formula is C12H16FNO4S. The van der Waals surface area contributed by atoms with Crippen molar-refractivity contribution in [2.24, 2.45) is 0 Å². The molecule has 1 rings (SSSR count). The van der Waals surface area contributed by atoms with Gasteiger partial charge < -0.3 is 10.5 Å². The van der Waals surface area contributed by atoms with Gasteiger partial charge in [-0.2, -0.15) is 0 Å². The van der Waals surface area contributed by atoms with Gasteiger partial charge in [0.25, 0.3) is 0 Å². The van der Waals surface area contributed by atoms with Gasteiger partial charge in [-0.15, -0.1) is 0 Å². The summed E-state index contributed by atoms with van der Waals surface area (Å²) >= 11 is 0. The van der Waals surface area contributed by atoms with E-state index in [1.807, 2.05) is 0 Å². The Labute approximate surface area is 111 Å². The number of esters is 1. The highest BCUT2D eigenvalue weighted by Gasteiger charge is 2.12. The molecule has 0 saturated heterocycles. The van der Waals surface area contributed by atoms with Crippen molar-refractivity contribution in [1.29, 1.82) is 0 Å². The molecule has 0 aromatic heterocycles. The number of hydrogen-bond donors (Lipinski definition) is 1. The molecule has 19 heavy (non-hydrogen) atoms. The number of sulfone groups is 1. The maximum Gasteiger partial charge on any atom is 0.338 e. The Kier molecular flexibility index (Phi) is 4.88. The van der Waals surface area contributed by atoms with Crippen molar-refractivity contribution < 1.29 is 22.3 Å². The lowest BCUT2D eigenvalue weighted by molar-refractivity contribution is 0.0505. The SMILES string of the molecule is Cc1c(N)cc(C(=O)OCCCS(C)(=O)=O)cc1F. The van der Waals surface area contributed by atoms with Crippen molar-refractivity contribution in [2.45, 2.75) is 13.3 Å². The summed E-state index contributed by atoms with van der Waals surface area (Å²) in [5.74, 6) is -1.37. The molecule has 0 aliphatic rings. The standard InChI is InChI=1S/C12H16FNO4S/c1-8-10(13)6-9(7-11(8)14)12(15)18-4-3-5-19(2,16)17/h6-7H,3-5,14H2,1-2H3. The van der Waals surface area contributed by atoms with E-state index >= 15 is 0 Å². The Morgan fingerprint density at radius 1 is 1.42 bits per heavy atom. The van der Waals surface area contributed by atoms with Gasteiger partial charge in [0.2, 0.25) is 0 Å². The summed E-state index contributed by atoms with van der Waals surface area (Å²) in [4.78, 5) is 11.6. The lowest BCUT2D eigenvalue weighted by Gasteiger charge is -2.07. The van der Waals surface area contributed by atoms with Crippen LogP contribution in [0.3, 0.4) is 0 Å². The van der Waals surface area contributed by atoms with Crippen molar-refractivity contribution in [1.82, 2.24) is 0 Å². The molecule has 1 aromatic carbocycles. The summed E-state index contributed by atoms with van der Waals surface area (Å²) in [5.41, 5.74) is 6.00. The first-order valence-corrected chi connectivity index (χ1v) is 7.67. The van der Waals surface area contributed by atoms with E-state index < -0.39 is 21.6 Å². The van der Waals surface area contributed by atoms with Crippen LogP contribution in [-0.2, 0) is 14.6 Å². The zero-order valence-electron chi connectivity index (χ0n) is 10.8. The number of nitrogen functional groups attached to an aromatic ring is 1. The maximum absolute atomic E-state index is 13.4. The molecule has 0 spiro atoms. The number of benzene rings is 1. The van der Waals surface area contributed by atoms with E-state index in [9.17, 15) is 17.6 Å². The lowest BCUT2D eigenvalue weighted by Crippen LogP contribution is -2.11. The second-order valence-corrected chi connectivity index (χ2v) is 6.55. The fourth-order valence-corrected chi connectivity index (χ4v) is 2.03. The number of halogens is 1. The molecule has 7 heteroatoms. The molecule has 0 fully saturated rings. The number of rotatable bonds is 5. The third-order valence-corrected chi connectivity index (χ3v) is 3.54. The zero-order valence-corrected chi connectivity index (χ0v) is 11.6. The molecule has 0 aliphatic heterocycles. The van der Waals surface area contributed by atoms with Gasteiger partial charge in [0.15, 0.2) is 0 Å². The highest BCUT2D eigenvalue weighted by atomic mass is 32.2. The van der Waals surface area contributed by atoms with Gasteiger partial charge in [0.05, 0.1) is 17.9 Å². The van der Waals surface area contributed by atoms with E-state index in [1.54, 1.807) is 0 Å². The molecule has 0 atom stereocenters. The number of ether oxygens (including phenoxy) is 1. The Morgan fingerprint density at radius 2 is 2.05 bits per heavy atom. The topological polar surface area (TPSA) is 86.5 Å². The van der Waals surface area contributed by atoms with Gasteiger partial charge in [-0.05, 0) is 25.5 Å². The van der Waals surface area contributed by atoms with Crippen LogP contribution in [-0.4, -0.2) is 33.0 Å². The highest BCUT2D eigenvalue weighted by Crippen LogP contribution is 2.18. The molecule has 0 aliphatic carbocycles. The average Bonchev–Trinajstić information content (AvgIpc) is 2.29. The van der Waals surface area contributed by atoms with Crippen LogP contribution in [0.4, 0.5) is 10.1 Å². The van der Waals surface area contributed by atoms with Gasteiger partial charge in [-0.3, -0.25) is 0 Å². The molecular weight excluding hydrogens is 273 g/mol. The van der Waals surface area contributed by atoms with E-state index in [1.165, 1.54) is 13.0 Å². The Bertz CT molecular complexity index is 560. The fraction of sp³-hybridized carbons (Fsp3) is 0.417. The third kappa shape index (κ3) is 4.86. The van der Waals surface area contributed by atoms with Crippen LogP contribution < -0.4 is 5.73 Å². The molecule has 0 saturated carbocycles. The molecule has 0 bridgehead atoms. The van der Waals surface area contributed by atoms with Crippen LogP contribution >= 0.6 is 0 Å². The molecule has 0 radical (unpaired) electrons. The zero-order chi connectivity index (χ0) is 14.6. The number of anilines is 1. The minimum atomic E-state index is -3.08. The molecule has 5 nitrogen and oxygen atoms in total. The maximum atomic E-state index is 13.4. The van der Waals surface area contributed by atoms with Crippen LogP contribution in [0.2, 0.25) is 0 Å². The Morgan fingerprint density at radius 3 is 2.58 bits per heavy atom. The third-order valence-electron chi connectivity index (χ3n) is 2.51. The first kappa shape index (κ1) is 15.4. The second-order valence-electron chi connectivity index (χ2n) is 4.29. The molecule has 1 aromatic rings. The van der Waals surface area contributed by atoms with E-state index in [0.29, 0.717) is 0 Å². The van der Waals surface area contributed by atoms with Crippen molar-refractivity contribution in [3.8, 4) is 0 Å². The molecule has 0 heterocycles. The van der Waals surface area contributed by atoms with Crippen LogP contribution in [0.5, 0.6) is 0 Å². The molecule has 106 valence electrons. The predicted molar refractivity (Wildman–Crippen MR) is 70.2 cm³/mol. The van der Waals surface area contributed by atoms with Crippen molar-refractivity contribution in [3.05, 3.63) is 29.1 Å². The lowest BCUT2D eigenvalue weighted by atomic mass is 10.1. The van der Waals surface area contributed by atoms with Gasteiger partial charge in [0.1, 0.15) is 15.7 Å². The van der Waals surface area contributed by atoms with Gasteiger partial charge in [-0.25, -0.2) is 17.6 Å². The van der Waals surface area contributed by atoms with Crippen molar-refractivity contribution in [2.75, 3.05) is 24.3 Å². The Hall–Kier alpha value is -1.63. The summed E-state index contributed by atoms with van der Waals surface area (Å²) < 4.78 is 40.0. The molecule has 0 amide bonds. The van der Waals surface area contributed by atoms with Crippen molar-refractivity contribution in [3.63, 3.8) is 0 Å². The van der Waals surface area contributed by atoms with E-state index in [4.69, 9.17) is 10.5 Å². The molecule has 0 unspecified atom stereocenters. The smallest absolute Gasteiger partial charge is 0.338 e. The fourth-order valence-electron chi connectivity index (χ4n) is 1.39. The number of hydrogen-bond acceptors (Lipinski definition) is 5. The van der Waals surface area contributed by atoms with Crippen LogP contribution in [0.1, 0.15) is 22.3 Å². The van der Waals surface area contributed by atoms with E-state index in [0.717, 1.165) is 12.3 Å². The predicted octanol–water partition coefficient (Wildman–Crippen LogP) is 1.31. The minimum absolute atomic E-state index is 0.0138. The second kappa shape index (κ2) is 6.01. The van der Waals surface area contributed by atoms with Crippen LogP contribution in [0.25, 0.3) is 0 Å². The van der Waals surface area contributed by atoms with Crippen LogP contribution in [0.15, 0.2) is 12.1 Å². The van der Waals surface area contributed by atoms with Gasteiger partial charge in [-0.1, -0.05) is 0 Å². The summed E-state index contributed by atoms with van der Waals surface area (Å²) in [6.07, 6.45) is 1.30. The first-order valence-electron chi connectivity index (χ1n) is 5.61. The van der Waals surface area contributed by atoms with Crippen molar-refractivity contribution >= 4 is 21.5 Å².